The highest BCUT2D eigenvalue weighted by atomic mass is 35.5. The molecule has 1 heterocycles. The minimum atomic E-state index is 0.140. The Hall–Kier alpha value is -0.540. The summed E-state index contributed by atoms with van der Waals surface area (Å²) in [5.74, 6) is 1.31. The second-order valence-corrected chi connectivity index (χ2v) is 6.25. The van der Waals surface area contributed by atoms with Crippen LogP contribution in [0.3, 0.4) is 0 Å². The van der Waals surface area contributed by atoms with E-state index >= 15 is 0 Å². The summed E-state index contributed by atoms with van der Waals surface area (Å²) in [5, 5.41) is 5.29. The van der Waals surface area contributed by atoms with E-state index in [2.05, 4.69) is 22.8 Å². The summed E-state index contributed by atoms with van der Waals surface area (Å²) in [5.41, 5.74) is 0. The summed E-state index contributed by atoms with van der Waals surface area (Å²) >= 11 is 7.37. The molecule has 1 aromatic rings. The van der Waals surface area contributed by atoms with Crippen LogP contribution in [-0.2, 0) is 4.79 Å². The minimum absolute atomic E-state index is 0.140. The van der Waals surface area contributed by atoms with Crippen LogP contribution >= 0.6 is 22.9 Å². The number of carbonyl (C=O) groups is 1. The summed E-state index contributed by atoms with van der Waals surface area (Å²) in [6.07, 6.45) is 6.36. The van der Waals surface area contributed by atoms with Crippen molar-refractivity contribution in [2.75, 3.05) is 5.88 Å². The highest BCUT2D eigenvalue weighted by molar-refractivity contribution is 7.10. The van der Waals surface area contributed by atoms with Crippen molar-refractivity contribution in [2.45, 2.75) is 44.6 Å². The monoisotopic (exact) mass is 285 g/mol. The lowest BCUT2D eigenvalue weighted by Crippen LogP contribution is -2.32. The Morgan fingerprint density at radius 1 is 1.50 bits per heavy atom. The van der Waals surface area contributed by atoms with Crippen molar-refractivity contribution in [3.63, 3.8) is 0 Å². The fourth-order valence-corrected chi connectivity index (χ4v) is 3.66. The maximum absolute atomic E-state index is 11.9. The van der Waals surface area contributed by atoms with Crippen molar-refractivity contribution in [1.29, 1.82) is 0 Å². The Labute approximate surface area is 118 Å². The Bertz CT molecular complexity index is 360. The zero-order valence-corrected chi connectivity index (χ0v) is 12.1. The number of carbonyl (C=O) groups excluding carboxylic acids is 1. The summed E-state index contributed by atoms with van der Waals surface area (Å²) < 4.78 is 0. The number of alkyl halides is 1. The fourth-order valence-electron chi connectivity index (χ4n) is 2.65. The number of hydrogen-bond acceptors (Lipinski definition) is 2. The number of hydrogen-bond donors (Lipinski definition) is 1. The van der Waals surface area contributed by atoms with Crippen LogP contribution in [0.4, 0.5) is 0 Å². The van der Waals surface area contributed by atoms with Crippen LogP contribution in [0.5, 0.6) is 0 Å². The summed E-state index contributed by atoms with van der Waals surface area (Å²) in [6, 6.07) is 4.41. The summed E-state index contributed by atoms with van der Waals surface area (Å²) in [7, 11) is 0. The lowest BCUT2D eigenvalue weighted by molar-refractivity contribution is -0.122. The molecule has 2 rings (SSSR count). The van der Waals surface area contributed by atoms with Gasteiger partial charge in [-0.15, -0.1) is 22.9 Å². The first-order valence-corrected chi connectivity index (χ1v) is 8.11. The van der Waals surface area contributed by atoms with E-state index in [1.807, 2.05) is 0 Å². The average Bonchev–Trinajstić information content (AvgIpc) is 3.05. The summed E-state index contributed by atoms with van der Waals surface area (Å²) in [4.78, 5) is 13.2. The topological polar surface area (TPSA) is 29.1 Å². The molecule has 1 aliphatic rings. The van der Waals surface area contributed by atoms with E-state index in [0.29, 0.717) is 18.2 Å². The van der Waals surface area contributed by atoms with Gasteiger partial charge in [-0.2, -0.15) is 0 Å². The normalized spacial score (nSPS) is 17.8. The maximum atomic E-state index is 11.9. The molecular weight excluding hydrogens is 266 g/mol. The molecule has 0 radical (unpaired) electrons. The maximum Gasteiger partial charge on any atom is 0.220 e. The predicted octanol–water partition coefficient (Wildman–Crippen LogP) is 4.11. The van der Waals surface area contributed by atoms with E-state index in [1.54, 1.807) is 11.3 Å². The molecular formula is C14H20ClNOS. The molecule has 1 unspecified atom stereocenters. The van der Waals surface area contributed by atoms with Gasteiger partial charge in [-0.1, -0.05) is 18.9 Å². The third kappa shape index (κ3) is 3.72. The van der Waals surface area contributed by atoms with E-state index in [9.17, 15) is 4.79 Å². The fraction of sp³-hybridized carbons (Fsp3) is 0.643. The van der Waals surface area contributed by atoms with Crippen molar-refractivity contribution in [3.05, 3.63) is 22.4 Å². The van der Waals surface area contributed by atoms with Crippen LogP contribution in [0.2, 0.25) is 0 Å². The Kier molecular flexibility index (Phi) is 5.51. The molecule has 2 nitrogen and oxygen atoms in total. The van der Waals surface area contributed by atoms with Crippen molar-refractivity contribution in [1.82, 2.24) is 5.32 Å². The molecule has 0 aromatic carbocycles. The van der Waals surface area contributed by atoms with Crippen molar-refractivity contribution < 1.29 is 4.79 Å². The van der Waals surface area contributed by atoms with Crippen LogP contribution in [0.15, 0.2) is 17.5 Å². The molecule has 4 heteroatoms. The Morgan fingerprint density at radius 2 is 2.28 bits per heavy atom. The smallest absolute Gasteiger partial charge is 0.220 e. The molecule has 18 heavy (non-hydrogen) atoms. The molecule has 100 valence electrons. The average molecular weight is 286 g/mol. The zero-order chi connectivity index (χ0) is 12.8. The van der Waals surface area contributed by atoms with E-state index in [-0.39, 0.29) is 11.9 Å². The number of amides is 1. The van der Waals surface area contributed by atoms with Crippen molar-refractivity contribution >= 4 is 28.8 Å². The van der Waals surface area contributed by atoms with Gasteiger partial charge in [0.05, 0.1) is 6.04 Å². The lowest BCUT2D eigenvalue weighted by atomic mass is 9.96. The lowest BCUT2D eigenvalue weighted by Gasteiger charge is -2.23. The van der Waals surface area contributed by atoms with Crippen LogP contribution in [0, 0.1) is 5.92 Å². The van der Waals surface area contributed by atoms with Crippen molar-refractivity contribution in [2.24, 2.45) is 5.92 Å². The quantitative estimate of drug-likeness (QED) is 0.783. The van der Waals surface area contributed by atoms with Gasteiger partial charge in [0.1, 0.15) is 0 Å². The van der Waals surface area contributed by atoms with Crippen LogP contribution in [-0.4, -0.2) is 11.8 Å². The second-order valence-electron chi connectivity index (χ2n) is 4.90. The van der Waals surface area contributed by atoms with Crippen LogP contribution < -0.4 is 5.32 Å². The molecule has 1 atom stereocenters. The minimum Gasteiger partial charge on any atom is -0.348 e. The van der Waals surface area contributed by atoms with Crippen molar-refractivity contribution in [3.8, 4) is 0 Å². The first-order valence-electron chi connectivity index (χ1n) is 6.70. The van der Waals surface area contributed by atoms with Crippen LogP contribution in [0.25, 0.3) is 0 Å². The highest BCUT2D eigenvalue weighted by Crippen LogP contribution is 2.37. The SMILES string of the molecule is O=C(CCCCl)NC(c1cccs1)C1CCCC1. The predicted molar refractivity (Wildman–Crippen MR) is 77.1 cm³/mol. The summed E-state index contributed by atoms with van der Waals surface area (Å²) in [6.45, 7) is 0. The Balaban J connectivity index is 1.98. The van der Waals surface area contributed by atoms with Gasteiger partial charge in [0.2, 0.25) is 5.91 Å². The Morgan fingerprint density at radius 3 is 2.89 bits per heavy atom. The molecule has 1 aliphatic carbocycles. The van der Waals surface area contributed by atoms with Gasteiger partial charge < -0.3 is 5.32 Å². The largest absolute Gasteiger partial charge is 0.348 e. The van der Waals surface area contributed by atoms with E-state index in [4.69, 9.17) is 11.6 Å². The van der Waals surface area contributed by atoms with Gasteiger partial charge >= 0.3 is 0 Å². The molecule has 0 saturated heterocycles. The third-order valence-corrected chi connectivity index (χ3v) is 4.80. The molecule has 1 amide bonds. The van der Waals surface area contributed by atoms with E-state index in [0.717, 1.165) is 6.42 Å². The highest BCUT2D eigenvalue weighted by Gasteiger charge is 2.28. The molecule has 1 fully saturated rings. The number of thiophene rings is 1. The standard InChI is InChI=1S/C14H20ClNOS/c15-9-3-8-13(17)16-14(11-5-1-2-6-11)12-7-4-10-18-12/h4,7,10-11,14H,1-3,5-6,8-9H2,(H,16,17). The first-order chi connectivity index (χ1) is 8.81. The van der Waals surface area contributed by atoms with Gasteiger partial charge in [0, 0.05) is 17.2 Å². The molecule has 0 bridgehead atoms. The van der Waals surface area contributed by atoms with E-state index in [1.165, 1.54) is 30.6 Å². The first kappa shape index (κ1) is 13.9. The van der Waals surface area contributed by atoms with E-state index < -0.39 is 0 Å². The number of nitrogens with one attached hydrogen (secondary N) is 1. The second kappa shape index (κ2) is 7.15. The van der Waals surface area contributed by atoms with Gasteiger partial charge in [-0.25, -0.2) is 0 Å². The van der Waals surface area contributed by atoms with Gasteiger partial charge in [0.25, 0.3) is 0 Å². The number of halogens is 1. The molecule has 1 saturated carbocycles. The zero-order valence-electron chi connectivity index (χ0n) is 10.5. The molecule has 1 aromatic heterocycles. The van der Waals surface area contributed by atoms with Gasteiger partial charge in [0.15, 0.2) is 0 Å². The van der Waals surface area contributed by atoms with Gasteiger partial charge in [-0.3, -0.25) is 4.79 Å². The van der Waals surface area contributed by atoms with Crippen LogP contribution in [0.1, 0.15) is 49.4 Å². The number of rotatable bonds is 6. The van der Waals surface area contributed by atoms with Gasteiger partial charge in [-0.05, 0) is 36.6 Å². The molecule has 1 N–H and O–H groups in total. The molecule has 0 aliphatic heterocycles. The third-order valence-electron chi connectivity index (χ3n) is 3.57. The molecule has 0 spiro atoms.